The minimum absolute atomic E-state index is 0.0637. The fourth-order valence-corrected chi connectivity index (χ4v) is 5.84. The van der Waals surface area contributed by atoms with Crippen LogP contribution in [0.5, 0.6) is 0 Å². The quantitative estimate of drug-likeness (QED) is 0.259. The van der Waals surface area contributed by atoms with Crippen molar-refractivity contribution in [3.05, 3.63) is 124 Å². The summed E-state index contributed by atoms with van der Waals surface area (Å²) in [4.78, 5) is 31.6. The van der Waals surface area contributed by atoms with Crippen molar-refractivity contribution >= 4 is 35.3 Å². The third-order valence-electron chi connectivity index (χ3n) is 7.84. The number of nitrogens with two attached hydrogens (primary N) is 1. The summed E-state index contributed by atoms with van der Waals surface area (Å²) in [7, 11) is 1.29. The largest absolute Gasteiger partial charge is 0.468 e. The first-order chi connectivity index (χ1) is 19.3. The normalized spacial score (nSPS) is 21.8. The van der Waals surface area contributed by atoms with Crippen LogP contribution in [0.4, 0.5) is 5.69 Å². The van der Waals surface area contributed by atoms with Crippen LogP contribution in [-0.4, -0.2) is 31.1 Å². The predicted octanol–water partition coefficient (Wildman–Crippen LogP) is 4.81. The number of Topliss-reactive ketones (excluding diaryl/α,β-unsaturated/α-hetero) is 1. The van der Waals surface area contributed by atoms with Gasteiger partial charge in [0.05, 0.1) is 18.2 Å². The van der Waals surface area contributed by atoms with Crippen LogP contribution in [0.3, 0.4) is 0 Å². The maximum absolute atomic E-state index is 14.6. The number of aliphatic imine (C=N–C) groups is 1. The summed E-state index contributed by atoms with van der Waals surface area (Å²) in [6, 6.07) is 22.0. The molecule has 5 rings (SSSR count). The number of nitrogens with one attached hydrogen (secondary N) is 2. The molecule has 3 aromatic carbocycles. The average molecular weight is 555 g/mol. The molecule has 8 heteroatoms. The molecular formula is C32H31ClN4O3. The van der Waals surface area contributed by atoms with E-state index in [4.69, 9.17) is 22.1 Å². The first kappa shape index (κ1) is 27.5. The summed E-state index contributed by atoms with van der Waals surface area (Å²) < 4.78 is 4.91. The number of fused-ring (bicyclic) bond motifs is 1. The Balaban J connectivity index is 1.64. The number of para-hydroxylation sites is 1. The molecule has 2 heterocycles. The molecule has 204 valence electrons. The minimum Gasteiger partial charge on any atom is -0.468 e. The fraction of sp³-hybridized carbons (Fsp3) is 0.219. The fourth-order valence-electron chi connectivity index (χ4n) is 5.65. The van der Waals surface area contributed by atoms with Crippen molar-refractivity contribution < 1.29 is 14.3 Å². The van der Waals surface area contributed by atoms with Crippen LogP contribution in [-0.2, 0) is 31.7 Å². The second kappa shape index (κ2) is 10.8. The lowest BCUT2D eigenvalue weighted by Gasteiger charge is -2.36. The van der Waals surface area contributed by atoms with E-state index in [9.17, 15) is 9.59 Å². The molecule has 3 aromatic rings. The molecule has 2 aliphatic rings. The lowest BCUT2D eigenvalue weighted by molar-refractivity contribution is -0.142. The Hall–Kier alpha value is -4.04. The summed E-state index contributed by atoms with van der Waals surface area (Å²) in [5.74, 6) is -0.887. The number of aryl methyl sites for hydroxylation is 1. The number of hydrazine groups is 1. The number of esters is 1. The molecule has 0 spiro atoms. The van der Waals surface area contributed by atoms with Gasteiger partial charge in [0.15, 0.2) is 5.78 Å². The molecule has 0 bridgehead atoms. The van der Waals surface area contributed by atoms with Crippen LogP contribution < -0.4 is 16.6 Å². The standard InChI is InChI=1S/C32H31ClN4O3/c1-4-21-12-14-22(15-13-21)32(23-8-7-9-24(33)16-23)26(18-36-37-32)29(38)20(2)31(17-27(34)30(39)40-3)19-35-28-11-6-5-10-25(28)31/h5-16,18-19,27,36-37H,2,4,17,34H2,1,3H3/t27-,31?,32?/m0/s1. The summed E-state index contributed by atoms with van der Waals surface area (Å²) in [5.41, 5.74) is 15.5. The predicted molar refractivity (Wildman–Crippen MR) is 157 cm³/mol. The summed E-state index contributed by atoms with van der Waals surface area (Å²) in [5, 5.41) is 0.541. The van der Waals surface area contributed by atoms with Crippen LogP contribution in [0.15, 0.2) is 102 Å². The van der Waals surface area contributed by atoms with Gasteiger partial charge in [-0.2, -0.15) is 0 Å². The number of nitrogens with zero attached hydrogens (tertiary/aromatic N) is 1. The van der Waals surface area contributed by atoms with E-state index >= 15 is 0 Å². The van der Waals surface area contributed by atoms with Crippen LogP contribution in [0.1, 0.15) is 35.6 Å². The molecule has 0 aliphatic carbocycles. The van der Waals surface area contributed by atoms with Crippen LogP contribution in [0, 0.1) is 0 Å². The molecule has 0 radical (unpaired) electrons. The van der Waals surface area contributed by atoms with Crippen molar-refractivity contribution in [2.24, 2.45) is 10.7 Å². The SMILES string of the molecule is C=C(C(=O)C1=CNNC1(c1ccc(CC)cc1)c1cccc(Cl)c1)C1(C[C@H](N)C(=O)OC)C=Nc2ccccc21. The van der Waals surface area contributed by atoms with Crippen molar-refractivity contribution in [2.45, 2.75) is 36.8 Å². The zero-order valence-corrected chi connectivity index (χ0v) is 23.2. The minimum atomic E-state index is -1.11. The molecule has 3 atom stereocenters. The summed E-state index contributed by atoms with van der Waals surface area (Å²) in [6.07, 6.45) is 4.28. The highest BCUT2D eigenvalue weighted by Gasteiger charge is 2.50. The van der Waals surface area contributed by atoms with Gasteiger partial charge in [0, 0.05) is 28.6 Å². The molecule has 0 saturated heterocycles. The van der Waals surface area contributed by atoms with E-state index in [-0.39, 0.29) is 17.8 Å². The third kappa shape index (κ3) is 4.46. The van der Waals surface area contributed by atoms with E-state index in [1.807, 2.05) is 54.6 Å². The maximum atomic E-state index is 14.6. The number of hydrogen-bond donors (Lipinski definition) is 3. The average Bonchev–Trinajstić information content (AvgIpc) is 3.60. The van der Waals surface area contributed by atoms with E-state index < -0.39 is 23.0 Å². The molecule has 7 nitrogen and oxygen atoms in total. The van der Waals surface area contributed by atoms with Gasteiger partial charge in [0.25, 0.3) is 0 Å². The van der Waals surface area contributed by atoms with Gasteiger partial charge in [-0.3, -0.25) is 14.6 Å². The molecular weight excluding hydrogens is 524 g/mol. The Bertz CT molecular complexity index is 1550. The molecule has 0 amide bonds. The van der Waals surface area contributed by atoms with Crippen molar-refractivity contribution in [1.29, 1.82) is 0 Å². The number of benzene rings is 3. The topological polar surface area (TPSA) is 106 Å². The number of allylic oxidation sites excluding steroid dienone is 1. The molecule has 4 N–H and O–H groups in total. The van der Waals surface area contributed by atoms with Gasteiger partial charge < -0.3 is 15.9 Å². The van der Waals surface area contributed by atoms with Crippen molar-refractivity contribution in [1.82, 2.24) is 10.9 Å². The molecule has 0 saturated carbocycles. The second-order valence-corrected chi connectivity index (χ2v) is 10.5. The lowest BCUT2D eigenvalue weighted by Crippen LogP contribution is -2.48. The number of ether oxygens (including phenoxy) is 1. The van der Waals surface area contributed by atoms with E-state index in [0.29, 0.717) is 16.3 Å². The first-order valence-corrected chi connectivity index (χ1v) is 13.5. The monoisotopic (exact) mass is 554 g/mol. The lowest BCUT2D eigenvalue weighted by atomic mass is 9.67. The summed E-state index contributed by atoms with van der Waals surface area (Å²) >= 11 is 6.45. The molecule has 2 unspecified atom stereocenters. The number of carbonyl (C=O) groups is 2. The number of carbonyl (C=O) groups excluding carboxylic acids is 2. The third-order valence-corrected chi connectivity index (χ3v) is 8.08. The second-order valence-electron chi connectivity index (χ2n) is 10.0. The van der Waals surface area contributed by atoms with Crippen LogP contribution >= 0.6 is 11.6 Å². The van der Waals surface area contributed by atoms with Crippen molar-refractivity contribution in [3.8, 4) is 0 Å². The number of halogens is 1. The Morgan fingerprint density at radius 2 is 1.82 bits per heavy atom. The Labute approximate surface area is 238 Å². The van der Waals surface area contributed by atoms with Crippen molar-refractivity contribution in [2.75, 3.05) is 7.11 Å². The Morgan fingerprint density at radius 3 is 2.52 bits per heavy atom. The molecule has 2 aliphatic heterocycles. The zero-order valence-electron chi connectivity index (χ0n) is 22.4. The van der Waals surface area contributed by atoms with Crippen molar-refractivity contribution in [3.63, 3.8) is 0 Å². The van der Waals surface area contributed by atoms with Gasteiger partial charge >= 0.3 is 5.97 Å². The highest BCUT2D eigenvalue weighted by molar-refractivity contribution is 6.30. The number of methoxy groups -OCH3 is 1. The van der Waals surface area contributed by atoms with Gasteiger partial charge in [0.2, 0.25) is 0 Å². The Morgan fingerprint density at radius 1 is 1.07 bits per heavy atom. The molecule has 40 heavy (non-hydrogen) atoms. The molecule has 0 aromatic heterocycles. The Kier molecular flexibility index (Phi) is 7.47. The van der Waals surface area contributed by atoms with Crippen LogP contribution in [0.2, 0.25) is 5.02 Å². The zero-order chi connectivity index (χ0) is 28.5. The number of ketones is 1. The smallest absolute Gasteiger partial charge is 0.322 e. The van der Waals surface area contributed by atoms with E-state index in [2.05, 4.69) is 41.5 Å². The number of hydrogen-bond acceptors (Lipinski definition) is 7. The highest BCUT2D eigenvalue weighted by Crippen LogP contribution is 2.48. The van der Waals surface area contributed by atoms with Gasteiger partial charge in [-0.25, -0.2) is 5.43 Å². The highest BCUT2D eigenvalue weighted by atomic mass is 35.5. The van der Waals surface area contributed by atoms with E-state index in [1.54, 1.807) is 18.5 Å². The van der Waals surface area contributed by atoms with Gasteiger partial charge in [-0.1, -0.05) is 79.7 Å². The number of rotatable bonds is 9. The van der Waals surface area contributed by atoms with Gasteiger partial charge in [0.1, 0.15) is 11.6 Å². The van der Waals surface area contributed by atoms with E-state index in [0.717, 1.165) is 23.1 Å². The maximum Gasteiger partial charge on any atom is 0.322 e. The van der Waals surface area contributed by atoms with Crippen LogP contribution in [0.25, 0.3) is 0 Å². The summed E-state index contributed by atoms with van der Waals surface area (Å²) in [6.45, 7) is 6.41. The molecule has 0 fully saturated rings. The van der Waals surface area contributed by atoms with Gasteiger partial charge in [-0.15, -0.1) is 0 Å². The van der Waals surface area contributed by atoms with Gasteiger partial charge in [-0.05, 0) is 53.3 Å². The first-order valence-electron chi connectivity index (χ1n) is 13.1. The van der Waals surface area contributed by atoms with E-state index in [1.165, 1.54) is 12.7 Å².